The third kappa shape index (κ3) is 7.25. The van der Waals surface area contributed by atoms with Crippen molar-refractivity contribution in [2.45, 2.75) is 45.0 Å². The predicted octanol–water partition coefficient (Wildman–Crippen LogP) is 2.27. The van der Waals surface area contributed by atoms with Gasteiger partial charge in [0.1, 0.15) is 0 Å². The molecule has 0 fully saturated rings. The van der Waals surface area contributed by atoms with Gasteiger partial charge in [0, 0.05) is 6.42 Å². The maximum absolute atomic E-state index is 11.1. The molecule has 5 heteroatoms. The number of aliphatic carboxylic acids is 1. The first kappa shape index (κ1) is 14.3. The fourth-order valence-corrected chi connectivity index (χ4v) is 1.86. The lowest BCUT2D eigenvalue weighted by Crippen LogP contribution is -2.24. The maximum Gasteiger partial charge on any atom is 0.355 e. The summed E-state index contributed by atoms with van der Waals surface area (Å²) >= 11 is 1.17. The van der Waals surface area contributed by atoms with Crippen LogP contribution in [0.15, 0.2) is 0 Å². The van der Waals surface area contributed by atoms with Crippen molar-refractivity contribution in [3.05, 3.63) is 0 Å². The minimum atomic E-state index is -1.08. The molecular weight excluding hydrogens is 216 g/mol. The summed E-state index contributed by atoms with van der Waals surface area (Å²) in [6.45, 7) is 3.88. The first-order chi connectivity index (χ1) is 7.11. The molecule has 0 spiro atoms. The van der Waals surface area contributed by atoms with Crippen molar-refractivity contribution >= 4 is 23.7 Å². The molecule has 88 valence electrons. The van der Waals surface area contributed by atoms with Crippen molar-refractivity contribution < 1.29 is 19.4 Å². The normalized spacial score (nSPS) is 12.1. The molecule has 0 heterocycles. The first-order valence-corrected chi connectivity index (χ1v) is 6.20. The van der Waals surface area contributed by atoms with Crippen LogP contribution in [0.4, 0.5) is 0 Å². The van der Waals surface area contributed by atoms with E-state index < -0.39 is 17.4 Å². The zero-order valence-corrected chi connectivity index (χ0v) is 10.0. The van der Waals surface area contributed by atoms with Crippen LogP contribution < -0.4 is 0 Å². The summed E-state index contributed by atoms with van der Waals surface area (Å²) in [6.07, 6.45) is 2.88. The monoisotopic (exact) mass is 234 g/mol. The van der Waals surface area contributed by atoms with Gasteiger partial charge in [-0.05, 0) is 18.6 Å². The highest BCUT2D eigenvalue weighted by Crippen LogP contribution is 2.15. The van der Waals surface area contributed by atoms with E-state index in [9.17, 15) is 9.59 Å². The largest absolute Gasteiger partial charge is 0.478 e. The lowest BCUT2D eigenvalue weighted by Gasteiger charge is -2.12. The molecule has 0 aromatic rings. The van der Waals surface area contributed by atoms with Gasteiger partial charge in [-0.25, -0.2) is 4.79 Å². The van der Waals surface area contributed by atoms with Crippen LogP contribution in [0.1, 0.15) is 39.5 Å². The molecule has 1 atom stereocenters. The number of carboxylic acid groups (broad SMARTS) is 1. The molecule has 0 radical (unpaired) electrons. The Labute approximate surface area is 94.4 Å². The lowest BCUT2D eigenvalue weighted by molar-refractivity contribution is -0.157. The molecule has 0 aliphatic heterocycles. The maximum atomic E-state index is 11.1. The van der Waals surface area contributed by atoms with Gasteiger partial charge < -0.3 is 9.84 Å². The molecule has 0 bridgehead atoms. The number of carboxylic acids is 1. The van der Waals surface area contributed by atoms with Gasteiger partial charge in [-0.2, -0.15) is 0 Å². The first-order valence-electron chi connectivity index (χ1n) is 5.15. The Morgan fingerprint density at radius 1 is 1.33 bits per heavy atom. The van der Waals surface area contributed by atoms with E-state index in [0.29, 0.717) is 12.2 Å². The summed E-state index contributed by atoms with van der Waals surface area (Å²) < 4.78 is 4.82. The fourth-order valence-electron chi connectivity index (χ4n) is 0.873. The molecule has 0 saturated carbocycles. The second-order valence-corrected chi connectivity index (χ2v) is 4.30. The highest BCUT2D eigenvalue weighted by molar-refractivity contribution is 8.00. The predicted molar refractivity (Wildman–Crippen MR) is 59.8 cm³/mol. The molecule has 15 heavy (non-hydrogen) atoms. The summed E-state index contributed by atoms with van der Waals surface area (Å²) in [7, 11) is 0. The summed E-state index contributed by atoms with van der Waals surface area (Å²) in [6, 6.07) is 0. The average Bonchev–Trinajstić information content (AvgIpc) is 2.16. The van der Waals surface area contributed by atoms with E-state index in [1.54, 1.807) is 0 Å². The minimum absolute atomic E-state index is 0.276. The van der Waals surface area contributed by atoms with Crippen molar-refractivity contribution in [1.29, 1.82) is 0 Å². The van der Waals surface area contributed by atoms with E-state index in [0.717, 1.165) is 12.8 Å². The molecule has 0 rings (SSSR count). The van der Waals surface area contributed by atoms with Gasteiger partial charge >= 0.3 is 11.9 Å². The number of thioether (sulfide) groups is 1. The highest BCUT2D eigenvalue weighted by atomic mass is 32.2. The van der Waals surface area contributed by atoms with Crippen molar-refractivity contribution in [3.8, 4) is 0 Å². The highest BCUT2D eigenvalue weighted by Gasteiger charge is 2.21. The SMILES string of the molecule is CCCCSC(OC(=O)CCC)C(=O)O. The molecule has 0 aromatic carbocycles. The number of hydrogen-bond acceptors (Lipinski definition) is 4. The Hall–Kier alpha value is -0.710. The summed E-state index contributed by atoms with van der Waals surface area (Å²) in [4.78, 5) is 21.8. The van der Waals surface area contributed by atoms with E-state index in [2.05, 4.69) is 0 Å². The molecule has 0 amide bonds. The van der Waals surface area contributed by atoms with Crippen molar-refractivity contribution in [1.82, 2.24) is 0 Å². The number of rotatable bonds is 8. The third-order valence-corrected chi connectivity index (χ3v) is 2.79. The number of unbranched alkanes of at least 4 members (excludes halogenated alkanes) is 1. The lowest BCUT2D eigenvalue weighted by atomic mass is 10.3. The van der Waals surface area contributed by atoms with Crippen LogP contribution in [0.25, 0.3) is 0 Å². The fraction of sp³-hybridized carbons (Fsp3) is 0.800. The van der Waals surface area contributed by atoms with E-state index in [4.69, 9.17) is 9.84 Å². The second kappa shape index (κ2) is 8.59. The Morgan fingerprint density at radius 2 is 2.00 bits per heavy atom. The number of carbonyl (C=O) groups excluding carboxylic acids is 1. The van der Waals surface area contributed by atoms with Gasteiger partial charge in [0.05, 0.1) is 0 Å². The van der Waals surface area contributed by atoms with Gasteiger partial charge in [-0.1, -0.05) is 20.3 Å². The minimum Gasteiger partial charge on any atom is -0.478 e. The van der Waals surface area contributed by atoms with E-state index in [-0.39, 0.29) is 6.42 Å². The van der Waals surface area contributed by atoms with Crippen LogP contribution >= 0.6 is 11.8 Å². The van der Waals surface area contributed by atoms with Crippen molar-refractivity contribution in [2.75, 3.05) is 5.75 Å². The van der Waals surface area contributed by atoms with Crippen LogP contribution in [0.3, 0.4) is 0 Å². The summed E-state index contributed by atoms with van der Waals surface area (Å²) in [5.41, 5.74) is -1.05. The van der Waals surface area contributed by atoms with Crippen LogP contribution in [0.2, 0.25) is 0 Å². The van der Waals surface area contributed by atoms with Crippen molar-refractivity contribution in [2.24, 2.45) is 0 Å². The van der Waals surface area contributed by atoms with Crippen LogP contribution in [0, 0.1) is 0 Å². The molecule has 0 aliphatic rings. The van der Waals surface area contributed by atoms with Gasteiger partial charge in [0.2, 0.25) is 5.44 Å². The molecular formula is C10H18O4S. The van der Waals surface area contributed by atoms with Gasteiger partial charge in [0.15, 0.2) is 0 Å². The second-order valence-electron chi connectivity index (χ2n) is 3.13. The standard InChI is InChI=1S/C10H18O4S/c1-3-5-7-15-10(9(12)13)14-8(11)6-4-2/h10H,3-7H2,1-2H3,(H,12,13). The Bertz CT molecular complexity index is 206. The molecule has 0 saturated heterocycles. The van der Waals surface area contributed by atoms with Gasteiger partial charge in [0.25, 0.3) is 0 Å². The Morgan fingerprint density at radius 3 is 2.47 bits per heavy atom. The topological polar surface area (TPSA) is 63.6 Å². The third-order valence-electron chi connectivity index (χ3n) is 1.66. The van der Waals surface area contributed by atoms with E-state index >= 15 is 0 Å². The average molecular weight is 234 g/mol. The molecule has 0 aliphatic carbocycles. The summed E-state index contributed by atoms with van der Waals surface area (Å²) in [5.74, 6) is -0.818. The molecule has 1 N–H and O–H groups in total. The number of carbonyl (C=O) groups is 2. The molecule has 4 nitrogen and oxygen atoms in total. The smallest absolute Gasteiger partial charge is 0.355 e. The molecule has 0 aromatic heterocycles. The Balaban J connectivity index is 3.93. The number of esters is 1. The van der Waals surface area contributed by atoms with Crippen molar-refractivity contribution in [3.63, 3.8) is 0 Å². The van der Waals surface area contributed by atoms with Crippen LogP contribution in [0.5, 0.6) is 0 Å². The van der Waals surface area contributed by atoms with Gasteiger partial charge in [-0.3, -0.25) is 4.79 Å². The van der Waals surface area contributed by atoms with Gasteiger partial charge in [-0.15, -0.1) is 11.8 Å². The zero-order valence-electron chi connectivity index (χ0n) is 9.19. The summed E-state index contributed by atoms with van der Waals surface area (Å²) in [5, 5.41) is 8.79. The quantitative estimate of drug-likeness (QED) is 0.396. The van der Waals surface area contributed by atoms with Crippen LogP contribution in [-0.4, -0.2) is 28.2 Å². The number of ether oxygens (including phenoxy) is 1. The number of hydrogen-bond donors (Lipinski definition) is 1. The zero-order chi connectivity index (χ0) is 11.7. The molecule has 1 unspecified atom stereocenters. The van der Waals surface area contributed by atoms with Crippen LogP contribution in [-0.2, 0) is 14.3 Å². The van der Waals surface area contributed by atoms with E-state index in [1.807, 2.05) is 13.8 Å². The van der Waals surface area contributed by atoms with E-state index in [1.165, 1.54) is 11.8 Å². The Kier molecular flexibility index (Phi) is 8.18.